The zero-order valence-electron chi connectivity index (χ0n) is 11.6. The van der Waals surface area contributed by atoms with E-state index in [0.29, 0.717) is 0 Å². The van der Waals surface area contributed by atoms with Gasteiger partial charge in [0.25, 0.3) is 0 Å². The molecule has 0 saturated heterocycles. The molecule has 1 N–H and O–H groups in total. The Bertz CT molecular complexity index is 343. The molecule has 1 aromatic carbocycles. The minimum atomic E-state index is 0.802. The Kier molecular flexibility index (Phi) is 5.06. The minimum Gasteiger partial charge on any atom is -0.494 e. The summed E-state index contributed by atoms with van der Waals surface area (Å²) < 4.78 is 5.57. The van der Waals surface area contributed by atoms with Gasteiger partial charge in [0.05, 0.1) is 6.61 Å². The van der Waals surface area contributed by atoms with Crippen molar-refractivity contribution in [3.8, 4) is 5.75 Å². The normalized spacial score (nSPS) is 16.6. The Labute approximate surface area is 111 Å². The summed E-state index contributed by atoms with van der Waals surface area (Å²) in [7, 11) is 0. The Hall–Kier alpha value is -1.02. The molecule has 2 heteroatoms. The summed E-state index contributed by atoms with van der Waals surface area (Å²) in [6, 6.07) is 8.44. The van der Waals surface area contributed by atoms with Crippen molar-refractivity contribution in [3.63, 3.8) is 0 Å². The van der Waals surface area contributed by atoms with E-state index >= 15 is 0 Å². The second kappa shape index (κ2) is 6.79. The molecule has 0 aromatic heterocycles. The second-order valence-electron chi connectivity index (χ2n) is 5.44. The highest BCUT2D eigenvalue weighted by atomic mass is 16.5. The molecule has 18 heavy (non-hydrogen) atoms. The Morgan fingerprint density at radius 2 is 2.00 bits per heavy atom. The lowest BCUT2D eigenvalue weighted by Gasteiger charge is -2.11. The van der Waals surface area contributed by atoms with Gasteiger partial charge in [0.15, 0.2) is 0 Å². The van der Waals surface area contributed by atoms with Crippen LogP contribution in [-0.2, 0) is 6.54 Å². The third kappa shape index (κ3) is 4.34. The predicted octanol–water partition coefficient (Wildman–Crippen LogP) is 3.61. The first-order valence-corrected chi connectivity index (χ1v) is 7.22. The van der Waals surface area contributed by atoms with Gasteiger partial charge in [-0.2, -0.15) is 0 Å². The van der Waals surface area contributed by atoms with E-state index in [2.05, 4.69) is 43.4 Å². The molecule has 2 nitrogen and oxygen atoms in total. The zero-order chi connectivity index (χ0) is 12.8. The quantitative estimate of drug-likeness (QED) is 0.757. The first-order chi connectivity index (χ1) is 8.79. The van der Waals surface area contributed by atoms with Gasteiger partial charge in [-0.1, -0.05) is 26.0 Å². The van der Waals surface area contributed by atoms with Crippen LogP contribution in [-0.4, -0.2) is 13.2 Å². The molecule has 0 aliphatic heterocycles. The van der Waals surface area contributed by atoms with Crippen LogP contribution in [0.5, 0.6) is 5.75 Å². The van der Waals surface area contributed by atoms with Crippen molar-refractivity contribution >= 4 is 0 Å². The lowest BCUT2D eigenvalue weighted by atomic mass is 10.1. The summed E-state index contributed by atoms with van der Waals surface area (Å²) in [6.45, 7) is 7.38. The average molecular weight is 247 g/mol. The molecule has 1 aliphatic carbocycles. The first-order valence-electron chi connectivity index (χ1n) is 7.22. The van der Waals surface area contributed by atoms with Crippen LogP contribution in [0.4, 0.5) is 0 Å². The lowest BCUT2D eigenvalue weighted by Crippen LogP contribution is -2.21. The summed E-state index contributed by atoms with van der Waals surface area (Å²) in [5.74, 6) is 2.80. The number of nitrogens with one attached hydrogen (secondary N) is 1. The van der Waals surface area contributed by atoms with Crippen molar-refractivity contribution in [1.29, 1.82) is 0 Å². The van der Waals surface area contributed by atoms with E-state index in [1.165, 1.54) is 18.4 Å². The summed E-state index contributed by atoms with van der Waals surface area (Å²) in [4.78, 5) is 0. The van der Waals surface area contributed by atoms with E-state index in [-0.39, 0.29) is 0 Å². The van der Waals surface area contributed by atoms with E-state index in [1.54, 1.807) is 0 Å². The largest absolute Gasteiger partial charge is 0.494 e. The van der Waals surface area contributed by atoms with Gasteiger partial charge in [-0.3, -0.25) is 0 Å². The smallest absolute Gasteiger partial charge is 0.119 e. The highest BCUT2D eigenvalue weighted by Gasteiger charge is 2.27. The van der Waals surface area contributed by atoms with E-state index in [1.807, 2.05) is 0 Å². The fraction of sp³-hybridized carbons (Fsp3) is 0.625. The second-order valence-corrected chi connectivity index (χ2v) is 5.44. The third-order valence-electron chi connectivity index (χ3n) is 3.62. The van der Waals surface area contributed by atoms with Crippen molar-refractivity contribution < 1.29 is 4.74 Å². The van der Waals surface area contributed by atoms with Crippen LogP contribution >= 0.6 is 0 Å². The van der Waals surface area contributed by atoms with E-state index in [4.69, 9.17) is 4.74 Å². The topological polar surface area (TPSA) is 21.3 Å². The lowest BCUT2D eigenvalue weighted by molar-refractivity contribution is 0.317. The molecule has 1 fully saturated rings. The molecule has 0 heterocycles. The fourth-order valence-electron chi connectivity index (χ4n) is 2.20. The Balaban J connectivity index is 1.68. The van der Waals surface area contributed by atoms with Crippen molar-refractivity contribution in [3.05, 3.63) is 29.8 Å². The molecule has 0 radical (unpaired) electrons. The predicted molar refractivity (Wildman–Crippen MR) is 75.8 cm³/mol. The molecule has 0 bridgehead atoms. The van der Waals surface area contributed by atoms with Gasteiger partial charge in [-0.15, -0.1) is 0 Å². The van der Waals surface area contributed by atoms with Crippen molar-refractivity contribution in [1.82, 2.24) is 5.32 Å². The van der Waals surface area contributed by atoms with Gasteiger partial charge < -0.3 is 10.1 Å². The molecule has 100 valence electrons. The summed E-state index contributed by atoms with van der Waals surface area (Å²) in [6.07, 6.45) is 3.93. The van der Waals surface area contributed by atoms with E-state index in [0.717, 1.165) is 43.7 Å². The maximum Gasteiger partial charge on any atom is 0.119 e. The number of hydrogen-bond donors (Lipinski definition) is 1. The molecule has 0 spiro atoms. The van der Waals surface area contributed by atoms with Crippen LogP contribution in [0, 0.1) is 11.8 Å². The minimum absolute atomic E-state index is 0.802. The molecule has 1 aliphatic rings. The molecule has 1 atom stereocenters. The van der Waals surface area contributed by atoms with E-state index < -0.39 is 0 Å². The molecular weight excluding hydrogens is 222 g/mol. The van der Waals surface area contributed by atoms with Crippen molar-refractivity contribution in [2.45, 2.75) is 39.7 Å². The third-order valence-corrected chi connectivity index (χ3v) is 3.62. The summed E-state index contributed by atoms with van der Waals surface area (Å²) >= 11 is 0. The average Bonchev–Trinajstić information content (AvgIpc) is 3.22. The first kappa shape index (κ1) is 13.4. The van der Waals surface area contributed by atoms with Gasteiger partial charge in [-0.25, -0.2) is 0 Å². The Morgan fingerprint density at radius 3 is 2.61 bits per heavy atom. The summed E-state index contributed by atoms with van der Waals surface area (Å²) in [5.41, 5.74) is 1.34. The molecule has 1 aromatic rings. The van der Waals surface area contributed by atoms with Gasteiger partial charge >= 0.3 is 0 Å². The van der Waals surface area contributed by atoms with Crippen LogP contribution < -0.4 is 10.1 Å². The molecule has 1 unspecified atom stereocenters. The van der Waals surface area contributed by atoms with Crippen LogP contribution in [0.2, 0.25) is 0 Å². The standard InChI is InChI=1S/C16H25NO/c1-3-10-18-16-8-4-14(5-9-16)12-17-11-13(2)15-6-7-15/h4-5,8-9,13,15,17H,3,6-7,10-12H2,1-2H3. The Morgan fingerprint density at radius 1 is 1.28 bits per heavy atom. The SMILES string of the molecule is CCCOc1ccc(CNCC(C)C2CC2)cc1. The highest BCUT2D eigenvalue weighted by molar-refractivity contribution is 5.27. The van der Waals surface area contributed by atoms with Gasteiger partial charge in [0, 0.05) is 6.54 Å². The fourth-order valence-corrected chi connectivity index (χ4v) is 2.20. The molecular formula is C16H25NO. The zero-order valence-corrected chi connectivity index (χ0v) is 11.6. The van der Waals surface area contributed by atoms with Crippen LogP contribution in [0.1, 0.15) is 38.7 Å². The van der Waals surface area contributed by atoms with Gasteiger partial charge in [0.2, 0.25) is 0 Å². The molecule has 1 saturated carbocycles. The van der Waals surface area contributed by atoms with Crippen molar-refractivity contribution in [2.24, 2.45) is 11.8 Å². The van der Waals surface area contributed by atoms with Crippen LogP contribution in [0.3, 0.4) is 0 Å². The molecule has 0 amide bonds. The van der Waals surface area contributed by atoms with Crippen molar-refractivity contribution in [2.75, 3.05) is 13.2 Å². The maximum absolute atomic E-state index is 5.57. The number of ether oxygens (including phenoxy) is 1. The molecule has 2 rings (SSSR count). The maximum atomic E-state index is 5.57. The number of benzene rings is 1. The van der Waals surface area contributed by atoms with E-state index in [9.17, 15) is 0 Å². The number of hydrogen-bond acceptors (Lipinski definition) is 2. The number of rotatable bonds is 8. The van der Waals surface area contributed by atoms with Crippen LogP contribution in [0.25, 0.3) is 0 Å². The van der Waals surface area contributed by atoms with Gasteiger partial charge in [-0.05, 0) is 55.3 Å². The monoisotopic (exact) mass is 247 g/mol. The van der Waals surface area contributed by atoms with Gasteiger partial charge in [0.1, 0.15) is 5.75 Å². The van der Waals surface area contributed by atoms with Crippen LogP contribution in [0.15, 0.2) is 24.3 Å². The summed E-state index contributed by atoms with van der Waals surface area (Å²) in [5, 5.41) is 3.54. The highest BCUT2D eigenvalue weighted by Crippen LogP contribution is 2.36.